The first-order valence-corrected chi connectivity index (χ1v) is 15.0. The number of ether oxygens (including phenoxy) is 1. The van der Waals surface area contributed by atoms with Crippen LogP contribution in [-0.4, -0.2) is 30.3 Å². The molecule has 0 saturated carbocycles. The molecule has 8 heteroatoms. The highest BCUT2D eigenvalue weighted by Gasteiger charge is 2.34. The van der Waals surface area contributed by atoms with Crippen LogP contribution in [-0.2, 0) is 12.7 Å². The van der Waals surface area contributed by atoms with E-state index in [1.807, 2.05) is 60.7 Å². The summed E-state index contributed by atoms with van der Waals surface area (Å²) in [5.74, 6) is 1.75. The van der Waals surface area contributed by atoms with Crippen molar-refractivity contribution in [3.8, 4) is 5.75 Å². The average molecular weight is 599 g/mol. The van der Waals surface area contributed by atoms with Crippen molar-refractivity contribution >= 4 is 29.2 Å². The van der Waals surface area contributed by atoms with Gasteiger partial charge in [0.25, 0.3) is 0 Å². The Balaban J connectivity index is 1.53. The number of halogens is 4. The fourth-order valence-electron chi connectivity index (χ4n) is 4.71. The maximum absolute atomic E-state index is 13.6. The predicted molar refractivity (Wildman–Crippen MR) is 165 cm³/mol. The number of hydrogen-bond donors (Lipinski definition) is 1. The molecular formula is C33H34ClF3N2OS. The lowest BCUT2D eigenvalue weighted by atomic mass is 9.90. The van der Waals surface area contributed by atoms with Gasteiger partial charge >= 0.3 is 6.18 Å². The van der Waals surface area contributed by atoms with Crippen LogP contribution in [0.3, 0.4) is 0 Å². The van der Waals surface area contributed by atoms with E-state index in [4.69, 9.17) is 16.3 Å². The molecule has 0 aliphatic heterocycles. The maximum Gasteiger partial charge on any atom is 0.417 e. The van der Waals surface area contributed by atoms with Crippen molar-refractivity contribution in [2.24, 2.45) is 0 Å². The highest BCUT2D eigenvalue weighted by molar-refractivity contribution is 8.00. The number of nitrogens with zero attached hydrogens (tertiary/aromatic N) is 1. The van der Waals surface area contributed by atoms with Crippen LogP contribution in [0.4, 0.5) is 18.9 Å². The normalized spacial score (nSPS) is 11.7. The third-order valence-corrected chi connectivity index (χ3v) is 7.79. The fourth-order valence-corrected chi connectivity index (χ4v) is 5.44. The van der Waals surface area contributed by atoms with Crippen LogP contribution in [0, 0.1) is 0 Å². The number of alkyl halides is 3. The van der Waals surface area contributed by atoms with Gasteiger partial charge in [-0.3, -0.25) is 4.90 Å². The van der Waals surface area contributed by atoms with E-state index in [2.05, 4.69) is 40.8 Å². The smallest absolute Gasteiger partial charge is 0.417 e. The van der Waals surface area contributed by atoms with Crippen molar-refractivity contribution < 1.29 is 17.9 Å². The zero-order chi connectivity index (χ0) is 29.1. The zero-order valence-electron chi connectivity index (χ0n) is 22.9. The monoisotopic (exact) mass is 598 g/mol. The van der Waals surface area contributed by atoms with Crippen molar-refractivity contribution in [2.45, 2.75) is 32.0 Å². The van der Waals surface area contributed by atoms with E-state index < -0.39 is 11.7 Å². The maximum atomic E-state index is 13.6. The van der Waals surface area contributed by atoms with Gasteiger partial charge in [0.15, 0.2) is 0 Å². The molecule has 4 aromatic rings. The molecule has 4 rings (SSSR count). The Morgan fingerprint density at radius 3 is 2.17 bits per heavy atom. The number of anilines is 1. The van der Waals surface area contributed by atoms with E-state index >= 15 is 0 Å². The summed E-state index contributed by atoms with van der Waals surface area (Å²) in [5.41, 5.74) is 2.91. The van der Waals surface area contributed by atoms with Crippen LogP contribution in [0.15, 0.2) is 103 Å². The van der Waals surface area contributed by atoms with Crippen molar-refractivity contribution in [1.29, 1.82) is 0 Å². The number of hydrogen-bond acceptors (Lipinski definition) is 4. The topological polar surface area (TPSA) is 24.5 Å². The van der Waals surface area contributed by atoms with E-state index in [-0.39, 0.29) is 17.5 Å². The lowest BCUT2D eigenvalue weighted by Crippen LogP contribution is -2.31. The molecule has 4 aromatic carbocycles. The summed E-state index contributed by atoms with van der Waals surface area (Å²) in [6, 6.07) is 32.3. The summed E-state index contributed by atoms with van der Waals surface area (Å²) >= 11 is 7.94. The van der Waals surface area contributed by atoms with Gasteiger partial charge in [0.05, 0.1) is 17.2 Å². The molecule has 1 N–H and O–H groups in total. The SMILES string of the molecule is CCSNc1cccc(OCCCN(Cc2cccc(C(F)(F)F)c2Cl)CC(c2ccccc2)c2ccccc2)c1. The Morgan fingerprint density at radius 1 is 0.878 bits per heavy atom. The molecule has 0 bridgehead atoms. The van der Waals surface area contributed by atoms with Gasteiger partial charge in [0, 0.05) is 43.1 Å². The van der Waals surface area contributed by atoms with Gasteiger partial charge in [-0.2, -0.15) is 13.2 Å². The second kappa shape index (κ2) is 15.2. The standard InChI is InChI=1S/C33H34ClF3N2OS/c1-2-41-38-28-17-10-18-29(22-28)40-21-11-20-39(23-27-16-9-19-31(32(27)34)33(35,36)37)24-30(25-12-5-3-6-13-25)26-14-7-4-8-15-26/h3-10,12-19,22,30,38H,2,11,20-21,23-24H2,1H3. The summed E-state index contributed by atoms with van der Waals surface area (Å²) in [6.45, 7) is 4.06. The van der Waals surface area contributed by atoms with Crippen molar-refractivity contribution in [3.05, 3.63) is 130 Å². The van der Waals surface area contributed by atoms with E-state index in [1.165, 1.54) is 6.07 Å². The Labute approximate surface area is 249 Å². The molecule has 0 aromatic heterocycles. The largest absolute Gasteiger partial charge is 0.493 e. The van der Waals surface area contributed by atoms with E-state index in [0.29, 0.717) is 31.7 Å². The quantitative estimate of drug-likeness (QED) is 0.115. The molecule has 0 heterocycles. The summed E-state index contributed by atoms with van der Waals surface area (Å²) in [4.78, 5) is 2.17. The summed E-state index contributed by atoms with van der Waals surface area (Å²) in [6.07, 6.45) is -3.82. The van der Waals surface area contributed by atoms with Gasteiger partial charge in [0.2, 0.25) is 0 Å². The molecule has 0 radical (unpaired) electrons. The molecule has 0 saturated heterocycles. The van der Waals surface area contributed by atoms with Gasteiger partial charge in [-0.05, 0) is 41.3 Å². The molecule has 216 valence electrons. The molecule has 41 heavy (non-hydrogen) atoms. The zero-order valence-corrected chi connectivity index (χ0v) is 24.5. The minimum atomic E-state index is -4.51. The first-order chi connectivity index (χ1) is 19.8. The molecule has 3 nitrogen and oxygen atoms in total. The van der Waals surface area contributed by atoms with Crippen molar-refractivity contribution in [2.75, 3.05) is 30.2 Å². The van der Waals surface area contributed by atoms with E-state index in [9.17, 15) is 13.2 Å². The summed E-state index contributed by atoms with van der Waals surface area (Å²) < 4.78 is 50.1. The van der Waals surface area contributed by atoms with Crippen LogP contribution in [0.25, 0.3) is 0 Å². The summed E-state index contributed by atoms with van der Waals surface area (Å²) in [5, 5.41) is -0.244. The highest BCUT2D eigenvalue weighted by atomic mass is 35.5. The number of benzene rings is 4. The Hall–Kier alpha value is -3.13. The second-order valence-electron chi connectivity index (χ2n) is 9.65. The first-order valence-electron chi connectivity index (χ1n) is 13.6. The number of nitrogens with one attached hydrogen (secondary N) is 1. The Morgan fingerprint density at radius 2 is 1.54 bits per heavy atom. The van der Waals surface area contributed by atoms with E-state index in [0.717, 1.165) is 34.4 Å². The van der Waals surface area contributed by atoms with Crippen LogP contribution >= 0.6 is 23.5 Å². The van der Waals surface area contributed by atoms with Gasteiger partial charge in [0.1, 0.15) is 5.75 Å². The molecular weight excluding hydrogens is 565 g/mol. The van der Waals surface area contributed by atoms with Gasteiger partial charge in [-0.15, -0.1) is 0 Å². The minimum Gasteiger partial charge on any atom is -0.493 e. The summed E-state index contributed by atoms with van der Waals surface area (Å²) in [7, 11) is 0. The molecule has 0 amide bonds. The van der Waals surface area contributed by atoms with Crippen LogP contribution < -0.4 is 9.46 Å². The molecule has 0 aliphatic carbocycles. The molecule has 0 spiro atoms. The predicted octanol–water partition coefficient (Wildman–Crippen LogP) is 9.54. The lowest BCUT2D eigenvalue weighted by Gasteiger charge is -2.29. The third-order valence-electron chi connectivity index (χ3n) is 6.68. The molecule has 0 fully saturated rings. The van der Waals surface area contributed by atoms with Crippen LogP contribution in [0.2, 0.25) is 5.02 Å². The van der Waals surface area contributed by atoms with Gasteiger partial charge < -0.3 is 9.46 Å². The third kappa shape index (κ3) is 9.18. The van der Waals surface area contributed by atoms with Crippen LogP contribution in [0.1, 0.15) is 41.5 Å². The van der Waals surface area contributed by atoms with Crippen molar-refractivity contribution in [3.63, 3.8) is 0 Å². The van der Waals surface area contributed by atoms with E-state index in [1.54, 1.807) is 18.0 Å². The van der Waals surface area contributed by atoms with Crippen LogP contribution in [0.5, 0.6) is 5.75 Å². The van der Waals surface area contributed by atoms with Gasteiger partial charge in [-0.1, -0.05) is 109 Å². The average Bonchev–Trinajstić information content (AvgIpc) is 2.98. The second-order valence-corrected chi connectivity index (χ2v) is 11.1. The fraction of sp³-hybridized carbons (Fsp3) is 0.273. The Bertz CT molecular complexity index is 1320. The molecule has 0 atom stereocenters. The van der Waals surface area contributed by atoms with Crippen molar-refractivity contribution in [1.82, 2.24) is 4.90 Å². The minimum absolute atomic E-state index is 0.0294. The lowest BCUT2D eigenvalue weighted by molar-refractivity contribution is -0.137. The van der Waals surface area contributed by atoms with Gasteiger partial charge in [-0.25, -0.2) is 0 Å². The highest BCUT2D eigenvalue weighted by Crippen LogP contribution is 2.37. The number of rotatable bonds is 14. The first kappa shape index (κ1) is 30.8. The molecule has 0 aliphatic rings. The Kier molecular flexibility index (Phi) is 11.4. The molecule has 0 unspecified atom stereocenters.